The maximum absolute atomic E-state index is 11.8. The molecule has 8 heteroatoms. The molecule has 0 bridgehead atoms. The van der Waals surface area contributed by atoms with E-state index in [1.807, 2.05) is 6.92 Å². The van der Waals surface area contributed by atoms with Gasteiger partial charge in [-0.2, -0.15) is 0 Å². The van der Waals surface area contributed by atoms with E-state index in [9.17, 15) is 9.59 Å². The molecule has 0 fully saturated rings. The third-order valence-corrected chi connectivity index (χ3v) is 2.63. The first-order valence-corrected chi connectivity index (χ1v) is 5.93. The predicted octanol–water partition coefficient (Wildman–Crippen LogP) is 0.604. The third kappa shape index (κ3) is 2.48. The van der Waals surface area contributed by atoms with Crippen molar-refractivity contribution in [2.75, 3.05) is 13.7 Å². The Bertz CT molecular complexity index is 729. The average Bonchev–Trinajstić information content (AvgIpc) is 2.79. The van der Waals surface area contributed by atoms with E-state index in [-0.39, 0.29) is 11.5 Å². The first kappa shape index (κ1) is 13.7. The van der Waals surface area contributed by atoms with Gasteiger partial charge in [0.1, 0.15) is 5.75 Å². The molecular weight excluding hydrogens is 264 g/mol. The minimum atomic E-state index is -1.32. The average molecular weight is 278 g/mol. The van der Waals surface area contributed by atoms with Crippen LogP contribution in [0.3, 0.4) is 0 Å². The molecule has 0 aromatic carbocycles. The van der Waals surface area contributed by atoms with Gasteiger partial charge in [-0.1, -0.05) is 0 Å². The number of ether oxygens (including phenoxy) is 1. The molecule has 106 valence electrons. The Hall–Kier alpha value is -2.77. The molecule has 8 nitrogen and oxygen atoms in total. The predicted molar refractivity (Wildman–Crippen MR) is 69.9 cm³/mol. The van der Waals surface area contributed by atoms with Crippen molar-refractivity contribution >= 4 is 17.5 Å². The Balaban J connectivity index is 2.71. The molecule has 0 spiro atoms. The number of carbonyl (C=O) groups is 2. The van der Waals surface area contributed by atoms with E-state index < -0.39 is 6.09 Å². The molecule has 0 aliphatic rings. The lowest BCUT2D eigenvalue weighted by Crippen LogP contribution is -2.21. The molecule has 2 heterocycles. The van der Waals surface area contributed by atoms with Crippen LogP contribution in [-0.4, -0.2) is 40.1 Å². The van der Waals surface area contributed by atoms with E-state index in [0.29, 0.717) is 23.4 Å². The highest BCUT2D eigenvalue weighted by molar-refractivity contribution is 5.97. The second kappa shape index (κ2) is 5.47. The number of hydrogen-bond donors (Lipinski definition) is 3. The molecule has 20 heavy (non-hydrogen) atoms. The number of imidazole rings is 1. The number of carboxylic acid groups (broad SMARTS) is 1. The Morgan fingerprint density at radius 1 is 1.55 bits per heavy atom. The molecule has 3 N–H and O–H groups in total. The largest absolute Gasteiger partial charge is 0.493 e. The van der Waals surface area contributed by atoms with E-state index >= 15 is 0 Å². The Morgan fingerprint density at radius 2 is 2.30 bits per heavy atom. The zero-order chi connectivity index (χ0) is 14.7. The summed E-state index contributed by atoms with van der Waals surface area (Å²) >= 11 is 0. The van der Waals surface area contributed by atoms with E-state index in [0.717, 1.165) is 0 Å². The molecule has 2 rings (SSSR count). The summed E-state index contributed by atoms with van der Waals surface area (Å²) in [6.45, 7) is 2.23. The summed E-state index contributed by atoms with van der Waals surface area (Å²) < 4.78 is 6.90. The number of nitrogens with zero attached hydrogens (tertiary/aromatic N) is 2. The van der Waals surface area contributed by atoms with Gasteiger partial charge in [-0.3, -0.25) is 9.20 Å². The van der Waals surface area contributed by atoms with Crippen LogP contribution in [0.4, 0.5) is 4.79 Å². The molecule has 0 saturated heterocycles. The fourth-order valence-corrected chi connectivity index (χ4v) is 1.81. The molecule has 0 atom stereocenters. The molecule has 0 saturated carbocycles. The summed E-state index contributed by atoms with van der Waals surface area (Å²) in [6, 6.07) is 1.64. The lowest BCUT2D eigenvalue weighted by molar-refractivity contribution is 0.0959. The van der Waals surface area contributed by atoms with Gasteiger partial charge in [0.25, 0.3) is 5.91 Å². The van der Waals surface area contributed by atoms with Gasteiger partial charge in [-0.25, -0.2) is 4.79 Å². The van der Waals surface area contributed by atoms with Gasteiger partial charge >= 0.3 is 6.09 Å². The van der Waals surface area contributed by atoms with Crippen molar-refractivity contribution < 1.29 is 19.4 Å². The van der Waals surface area contributed by atoms with Crippen LogP contribution in [0, 0.1) is 0 Å². The summed E-state index contributed by atoms with van der Waals surface area (Å²) in [6.07, 6.45) is 1.74. The van der Waals surface area contributed by atoms with Crippen LogP contribution in [0.2, 0.25) is 0 Å². The molecule has 2 aromatic heterocycles. The minimum absolute atomic E-state index is 0.112. The maximum atomic E-state index is 11.8. The number of nitrogens with one attached hydrogen (secondary N) is 2. The zero-order valence-electron chi connectivity index (χ0n) is 11.0. The van der Waals surface area contributed by atoms with Crippen LogP contribution in [0.5, 0.6) is 5.75 Å². The van der Waals surface area contributed by atoms with Gasteiger partial charge in [0, 0.05) is 25.5 Å². The van der Waals surface area contributed by atoms with Gasteiger partial charge in [0.2, 0.25) is 5.62 Å². The topological polar surface area (TPSA) is 108 Å². The van der Waals surface area contributed by atoms with Crippen molar-refractivity contribution in [1.82, 2.24) is 14.7 Å². The number of hydrogen-bond acceptors (Lipinski definition) is 3. The highest BCUT2D eigenvalue weighted by Crippen LogP contribution is 2.20. The monoisotopic (exact) mass is 278 g/mol. The Kier molecular flexibility index (Phi) is 3.74. The van der Waals surface area contributed by atoms with Crippen molar-refractivity contribution in [3.8, 4) is 5.75 Å². The van der Waals surface area contributed by atoms with E-state index in [2.05, 4.69) is 15.3 Å². The molecule has 0 unspecified atom stereocenters. The van der Waals surface area contributed by atoms with Crippen LogP contribution in [0.1, 0.15) is 17.3 Å². The molecule has 0 aliphatic carbocycles. The highest BCUT2D eigenvalue weighted by atomic mass is 16.5. The summed E-state index contributed by atoms with van der Waals surface area (Å²) in [5, 5.41) is 11.2. The number of carbonyl (C=O) groups excluding carboxylic acids is 1. The fourth-order valence-electron chi connectivity index (χ4n) is 1.81. The van der Waals surface area contributed by atoms with Crippen molar-refractivity contribution in [1.29, 1.82) is 0 Å². The maximum Gasteiger partial charge on any atom is 0.434 e. The van der Waals surface area contributed by atoms with Gasteiger partial charge in [-0.05, 0) is 6.92 Å². The number of pyridine rings is 1. The first-order valence-electron chi connectivity index (χ1n) is 5.93. The molecule has 2 aromatic rings. The second-order valence-electron chi connectivity index (χ2n) is 3.87. The van der Waals surface area contributed by atoms with E-state index in [1.165, 1.54) is 17.6 Å². The van der Waals surface area contributed by atoms with Crippen molar-refractivity contribution in [2.45, 2.75) is 6.92 Å². The Morgan fingerprint density at radius 3 is 2.90 bits per heavy atom. The zero-order valence-corrected chi connectivity index (χ0v) is 11.0. The number of aromatic nitrogens is 2. The molecule has 0 radical (unpaired) electrons. The minimum Gasteiger partial charge on any atom is -0.493 e. The van der Waals surface area contributed by atoms with E-state index in [1.54, 1.807) is 12.3 Å². The van der Waals surface area contributed by atoms with Crippen molar-refractivity contribution in [3.63, 3.8) is 0 Å². The SMILES string of the molecule is CCOc1cc2c[nH]/c(=N\C(=O)O)n2cc1C(=O)NC. The smallest absolute Gasteiger partial charge is 0.434 e. The van der Waals surface area contributed by atoms with Gasteiger partial charge in [0.15, 0.2) is 0 Å². The van der Waals surface area contributed by atoms with Gasteiger partial charge in [0.05, 0.1) is 17.7 Å². The van der Waals surface area contributed by atoms with Crippen LogP contribution >= 0.6 is 0 Å². The lowest BCUT2D eigenvalue weighted by Gasteiger charge is -2.09. The Labute approximate surface area is 113 Å². The third-order valence-electron chi connectivity index (χ3n) is 2.63. The quantitative estimate of drug-likeness (QED) is 0.764. The highest BCUT2D eigenvalue weighted by Gasteiger charge is 2.14. The summed E-state index contributed by atoms with van der Waals surface area (Å²) in [4.78, 5) is 28.6. The second-order valence-corrected chi connectivity index (χ2v) is 3.87. The van der Waals surface area contributed by atoms with Gasteiger partial charge in [-0.15, -0.1) is 4.99 Å². The van der Waals surface area contributed by atoms with Crippen molar-refractivity contribution in [2.24, 2.45) is 4.99 Å². The van der Waals surface area contributed by atoms with Crippen LogP contribution in [0.25, 0.3) is 5.52 Å². The van der Waals surface area contributed by atoms with Crippen LogP contribution in [0.15, 0.2) is 23.5 Å². The summed E-state index contributed by atoms with van der Waals surface area (Å²) in [5.74, 6) is 0.0954. The lowest BCUT2D eigenvalue weighted by atomic mass is 10.2. The van der Waals surface area contributed by atoms with Gasteiger partial charge < -0.3 is 20.1 Å². The first-order chi connectivity index (χ1) is 9.56. The fraction of sp³-hybridized carbons (Fsp3) is 0.250. The van der Waals surface area contributed by atoms with Crippen LogP contribution < -0.4 is 15.7 Å². The number of rotatable bonds is 3. The normalized spacial score (nSPS) is 11.6. The summed E-state index contributed by atoms with van der Waals surface area (Å²) in [7, 11) is 1.51. The number of amides is 2. The van der Waals surface area contributed by atoms with Crippen molar-refractivity contribution in [3.05, 3.63) is 29.6 Å². The molecule has 2 amide bonds. The number of fused-ring (bicyclic) bond motifs is 1. The molecular formula is C12H14N4O4. The number of H-pyrrole nitrogens is 1. The standard InChI is InChI=1S/C12H14N4O4/c1-3-20-9-4-7-5-14-11(15-12(18)19)16(7)6-8(9)10(17)13-2/h4-6H,3H2,1-2H3,(H,13,17)(H,14,15)(H,18,19). The summed E-state index contributed by atoms with van der Waals surface area (Å²) in [5.41, 5.74) is 1.05. The van der Waals surface area contributed by atoms with E-state index in [4.69, 9.17) is 9.84 Å². The number of aromatic amines is 1. The van der Waals surface area contributed by atoms with Crippen LogP contribution in [-0.2, 0) is 0 Å². The molecule has 0 aliphatic heterocycles.